The number of aryl methyl sites for hydroxylation is 1. The smallest absolute Gasteiger partial charge is 0.234 e. The van der Waals surface area contributed by atoms with Gasteiger partial charge >= 0.3 is 0 Å². The molecule has 0 saturated carbocycles. The number of benzene rings is 1. The minimum absolute atomic E-state index is 0.0512. The minimum Gasteiger partial charge on any atom is -0.492 e. The molecule has 0 saturated heterocycles. The van der Waals surface area contributed by atoms with E-state index >= 15 is 0 Å². The molecular formula is C14H22N2O2. The van der Waals surface area contributed by atoms with Crippen LogP contribution in [0.2, 0.25) is 0 Å². The molecule has 0 atom stereocenters. The Hall–Kier alpha value is -1.55. The van der Waals surface area contributed by atoms with Crippen molar-refractivity contribution in [3.8, 4) is 5.75 Å². The maximum atomic E-state index is 11.3. The highest BCUT2D eigenvalue weighted by molar-refractivity contribution is 5.77. The molecule has 1 rings (SSSR count). The third-order valence-electron chi connectivity index (χ3n) is 2.55. The monoisotopic (exact) mass is 250 g/mol. The molecule has 0 aliphatic carbocycles. The molecule has 0 radical (unpaired) electrons. The number of hydrogen-bond acceptors (Lipinski definition) is 3. The molecule has 4 heteroatoms. The predicted octanol–water partition coefficient (Wildman–Crippen LogP) is 1.44. The van der Waals surface area contributed by atoms with Gasteiger partial charge in [-0.2, -0.15) is 0 Å². The molecule has 1 N–H and O–H groups in total. The van der Waals surface area contributed by atoms with E-state index in [1.54, 1.807) is 0 Å². The van der Waals surface area contributed by atoms with Crippen LogP contribution < -0.4 is 10.1 Å². The van der Waals surface area contributed by atoms with Gasteiger partial charge in [0.05, 0.1) is 6.54 Å². The zero-order chi connectivity index (χ0) is 13.4. The Labute approximate surface area is 109 Å². The molecule has 1 amide bonds. The lowest BCUT2D eigenvalue weighted by molar-refractivity contribution is -0.121. The first kappa shape index (κ1) is 14.5. The molecule has 1 aromatic carbocycles. The molecule has 0 fully saturated rings. The van der Waals surface area contributed by atoms with Gasteiger partial charge in [-0.15, -0.1) is 0 Å². The molecule has 0 heterocycles. The number of amides is 1. The summed E-state index contributed by atoms with van der Waals surface area (Å²) in [5.74, 6) is 0.919. The molecule has 0 bridgehead atoms. The van der Waals surface area contributed by atoms with Crippen molar-refractivity contribution in [3.05, 3.63) is 29.8 Å². The van der Waals surface area contributed by atoms with Crippen LogP contribution in [0.1, 0.15) is 12.5 Å². The van der Waals surface area contributed by atoms with Gasteiger partial charge in [0, 0.05) is 13.1 Å². The van der Waals surface area contributed by atoms with Crippen molar-refractivity contribution < 1.29 is 9.53 Å². The first-order chi connectivity index (χ1) is 8.61. The van der Waals surface area contributed by atoms with E-state index in [0.717, 1.165) is 12.3 Å². The Kier molecular flexibility index (Phi) is 6.22. The average molecular weight is 250 g/mol. The van der Waals surface area contributed by atoms with Crippen LogP contribution in [0.4, 0.5) is 0 Å². The zero-order valence-electron chi connectivity index (χ0n) is 11.4. The van der Waals surface area contributed by atoms with Crippen LogP contribution in [-0.4, -0.2) is 44.1 Å². The second-order valence-corrected chi connectivity index (χ2v) is 4.35. The van der Waals surface area contributed by atoms with Crippen molar-refractivity contribution in [3.63, 3.8) is 0 Å². The van der Waals surface area contributed by atoms with Crippen molar-refractivity contribution in [2.45, 2.75) is 13.8 Å². The number of likely N-dealkylation sites (N-methyl/N-ethyl adjacent to an activating group) is 2. The summed E-state index contributed by atoms with van der Waals surface area (Å²) in [4.78, 5) is 13.3. The van der Waals surface area contributed by atoms with Crippen molar-refractivity contribution >= 4 is 5.91 Å². The molecule has 0 aromatic heterocycles. The van der Waals surface area contributed by atoms with E-state index < -0.39 is 0 Å². The van der Waals surface area contributed by atoms with E-state index in [1.807, 2.05) is 50.1 Å². The quantitative estimate of drug-likeness (QED) is 0.796. The van der Waals surface area contributed by atoms with Gasteiger partial charge in [0.15, 0.2) is 0 Å². The lowest BCUT2D eigenvalue weighted by Crippen LogP contribution is -2.36. The second kappa shape index (κ2) is 7.71. The van der Waals surface area contributed by atoms with Crippen LogP contribution in [0.15, 0.2) is 24.3 Å². The van der Waals surface area contributed by atoms with Crippen LogP contribution in [-0.2, 0) is 4.79 Å². The fourth-order valence-corrected chi connectivity index (χ4v) is 1.53. The van der Waals surface area contributed by atoms with Crippen LogP contribution in [0, 0.1) is 6.92 Å². The maximum Gasteiger partial charge on any atom is 0.234 e. The summed E-state index contributed by atoms with van der Waals surface area (Å²) in [5.41, 5.74) is 1.22. The zero-order valence-corrected chi connectivity index (χ0v) is 11.4. The molecule has 100 valence electrons. The Balaban J connectivity index is 2.21. The van der Waals surface area contributed by atoms with Crippen LogP contribution >= 0.6 is 0 Å². The van der Waals surface area contributed by atoms with E-state index in [1.165, 1.54) is 5.56 Å². The van der Waals surface area contributed by atoms with Crippen molar-refractivity contribution in [2.24, 2.45) is 0 Å². The highest BCUT2D eigenvalue weighted by atomic mass is 16.5. The molecule has 0 aliphatic rings. The molecule has 4 nitrogen and oxygen atoms in total. The minimum atomic E-state index is 0.0512. The first-order valence-corrected chi connectivity index (χ1v) is 6.26. The molecular weight excluding hydrogens is 228 g/mol. The highest BCUT2D eigenvalue weighted by Crippen LogP contribution is 2.10. The third-order valence-corrected chi connectivity index (χ3v) is 2.55. The molecule has 18 heavy (non-hydrogen) atoms. The van der Waals surface area contributed by atoms with Crippen molar-refractivity contribution in [1.29, 1.82) is 0 Å². The number of nitrogens with one attached hydrogen (secondary N) is 1. The van der Waals surface area contributed by atoms with E-state index in [2.05, 4.69) is 5.32 Å². The number of rotatable bonds is 7. The fraction of sp³-hybridized carbons (Fsp3) is 0.500. The van der Waals surface area contributed by atoms with Gasteiger partial charge < -0.3 is 10.1 Å². The number of carbonyl (C=O) groups is 1. The molecule has 1 aromatic rings. The number of ether oxygens (including phenoxy) is 1. The first-order valence-electron chi connectivity index (χ1n) is 6.26. The Morgan fingerprint density at radius 2 is 2.00 bits per heavy atom. The van der Waals surface area contributed by atoms with Crippen molar-refractivity contribution in [2.75, 3.05) is 33.3 Å². The van der Waals surface area contributed by atoms with Crippen LogP contribution in [0.3, 0.4) is 0 Å². The lowest BCUT2D eigenvalue weighted by Gasteiger charge is -2.16. The van der Waals surface area contributed by atoms with Gasteiger partial charge in [-0.3, -0.25) is 9.69 Å². The molecule has 0 aliphatic heterocycles. The SMILES string of the molecule is CCNC(=O)CN(C)CCOc1ccc(C)cc1. The summed E-state index contributed by atoms with van der Waals surface area (Å²) in [5, 5.41) is 2.77. The summed E-state index contributed by atoms with van der Waals surface area (Å²) >= 11 is 0. The summed E-state index contributed by atoms with van der Waals surface area (Å²) in [6.07, 6.45) is 0. The van der Waals surface area contributed by atoms with E-state index in [9.17, 15) is 4.79 Å². The van der Waals surface area contributed by atoms with Gasteiger partial charge in [0.2, 0.25) is 5.91 Å². The number of nitrogens with zero attached hydrogens (tertiary/aromatic N) is 1. The summed E-state index contributed by atoms with van der Waals surface area (Å²) in [6.45, 7) is 6.35. The molecule has 0 spiro atoms. The summed E-state index contributed by atoms with van der Waals surface area (Å²) in [7, 11) is 1.91. The van der Waals surface area contributed by atoms with E-state index in [0.29, 0.717) is 19.7 Å². The van der Waals surface area contributed by atoms with Crippen molar-refractivity contribution in [1.82, 2.24) is 10.2 Å². The Morgan fingerprint density at radius 3 is 2.61 bits per heavy atom. The van der Waals surface area contributed by atoms with Gasteiger partial charge in [0.1, 0.15) is 12.4 Å². The Bertz CT molecular complexity index is 363. The lowest BCUT2D eigenvalue weighted by atomic mass is 10.2. The standard InChI is InChI=1S/C14H22N2O2/c1-4-15-14(17)11-16(3)9-10-18-13-7-5-12(2)6-8-13/h5-8H,4,9-11H2,1-3H3,(H,15,17). The van der Waals surface area contributed by atoms with Crippen LogP contribution in [0.5, 0.6) is 5.75 Å². The van der Waals surface area contributed by atoms with Gasteiger partial charge in [-0.25, -0.2) is 0 Å². The van der Waals surface area contributed by atoms with Gasteiger partial charge in [-0.1, -0.05) is 17.7 Å². The average Bonchev–Trinajstić information content (AvgIpc) is 2.32. The van der Waals surface area contributed by atoms with Gasteiger partial charge in [-0.05, 0) is 33.0 Å². The predicted molar refractivity (Wildman–Crippen MR) is 72.9 cm³/mol. The maximum absolute atomic E-state index is 11.3. The summed E-state index contributed by atoms with van der Waals surface area (Å²) in [6, 6.07) is 7.96. The third kappa shape index (κ3) is 5.68. The Morgan fingerprint density at radius 1 is 1.33 bits per heavy atom. The summed E-state index contributed by atoms with van der Waals surface area (Å²) < 4.78 is 5.60. The normalized spacial score (nSPS) is 10.4. The number of hydrogen-bond donors (Lipinski definition) is 1. The topological polar surface area (TPSA) is 41.6 Å². The molecule has 0 unspecified atom stereocenters. The second-order valence-electron chi connectivity index (χ2n) is 4.35. The van der Waals surface area contributed by atoms with Gasteiger partial charge in [0.25, 0.3) is 0 Å². The number of carbonyl (C=O) groups excluding carboxylic acids is 1. The van der Waals surface area contributed by atoms with E-state index in [4.69, 9.17) is 4.74 Å². The van der Waals surface area contributed by atoms with E-state index in [-0.39, 0.29) is 5.91 Å². The van der Waals surface area contributed by atoms with Crippen LogP contribution in [0.25, 0.3) is 0 Å². The largest absolute Gasteiger partial charge is 0.492 e. The fourth-order valence-electron chi connectivity index (χ4n) is 1.53. The highest BCUT2D eigenvalue weighted by Gasteiger charge is 2.05.